The second-order valence-corrected chi connectivity index (χ2v) is 3.49. The van der Waals surface area contributed by atoms with Gasteiger partial charge in [0.15, 0.2) is 6.10 Å². The molecule has 0 heterocycles. The highest BCUT2D eigenvalue weighted by molar-refractivity contribution is 6.64. The molecule has 1 rings (SSSR count). The van der Waals surface area contributed by atoms with Gasteiger partial charge in [0, 0.05) is 12.1 Å². The molecular formula is C10H7ClN2O4. The molecule has 0 aliphatic heterocycles. The van der Waals surface area contributed by atoms with Crippen LogP contribution in [0.25, 0.3) is 0 Å². The second-order valence-electron chi connectivity index (χ2n) is 3.11. The lowest BCUT2D eigenvalue weighted by Gasteiger charge is -2.11. The lowest BCUT2D eigenvalue weighted by molar-refractivity contribution is -0.384. The Balaban J connectivity index is 3.06. The average molecular weight is 255 g/mol. The maximum atomic E-state index is 10.8. The SMILES string of the molecule is CC(Oc1ccc([N+](=O)[O-])cc1C#N)C(=O)Cl. The van der Waals surface area contributed by atoms with E-state index in [4.69, 9.17) is 21.6 Å². The van der Waals surface area contributed by atoms with Crippen LogP contribution in [0.15, 0.2) is 18.2 Å². The summed E-state index contributed by atoms with van der Waals surface area (Å²) >= 11 is 5.20. The maximum absolute atomic E-state index is 10.8. The number of nitriles is 1. The van der Waals surface area contributed by atoms with Crippen LogP contribution in [0.5, 0.6) is 5.75 Å². The van der Waals surface area contributed by atoms with Crippen LogP contribution >= 0.6 is 11.6 Å². The van der Waals surface area contributed by atoms with Gasteiger partial charge in [0.05, 0.1) is 4.92 Å². The van der Waals surface area contributed by atoms with Crippen molar-refractivity contribution in [1.82, 2.24) is 0 Å². The summed E-state index contributed by atoms with van der Waals surface area (Å²) in [5, 5.41) is 18.6. The number of benzene rings is 1. The molecule has 17 heavy (non-hydrogen) atoms. The minimum atomic E-state index is -0.926. The molecule has 88 valence electrons. The quantitative estimate of drug-likeness (QED) is 0.465. The van der Waals surface area contributed by atoms with Crippen molar-refractivity contribution in [2.45, 2.75) is 13.0 Å². The van der Waals surface area contributed by atoms with E-state index in [1.807, 2.05) is 0 Å². The highest BCUT2D eigenvalue weighted by atomic mass is 35.5. The third-order valence-electron chi connectivity index (χ3n) is 1.92. The van der Waals surface area contributed by atoms with E-state index in [2.05, 4.69) is 0 Å². The zero-order valence-electron chi connectivity index (χ0n) is 8.71. The number of nitro groups is 1. The van der Waals surface area contributed by atoms with Gasteiger partial charge in [0.25, 0.3) is 10.9 Å². The third-order valence-corrected chi connectivity index (χ3v) is 2.23. The largest absolute Gasteiger partial charge is 0.480 e. The Morgan fingerprint density at radius 2 is 2.29 bits per heavy atom. The summed E-state index contributed by atoms with van der Waals surface area (Å²) in [6, 6.07) is 5.26. The number of nitrogens with zero attached hydrogens (tertiary/aromatic N) is 2. The molecule has 0 spiro atoms. The fraction of sp³-hybridized carbons (Fsp3) is 0.200. The number of hydrogen-bond donors (Lipinski definition) is 0. The topological polar surface area (TPSA) is 93.2 Å². The zero-order chi connectivity index (χ0) is 13.0. The van der Waals surface area contributed by atoms with Crippen molar-refractivity contribution in [2.75, 3.05) is 0 Å². The number of non-ortho nitro benzene ring substituents is 1. The number of halogens is 1. The van der Waals surface area contributed by atoms with Gasteiger partial charge in [-0.1, -0.05) is 0 Å². The summed E-state index contributed by atoms with van der Waals surface area (Å²) in [6.07, 6.45) is -0.926. The van der Waals surface area contributed by atoms with E-state index in [0.717, 1.165) is 6.07 Å². The number of rotatable bonds is 4. The van der Waals surface area contributed by atoms with Crippen LogP contribution in [0.4, 0.5) is 5.69 Å². The Labute approximate surface area is 102 Å². The third kappa shape index (κ3) is 3.16. The normalized spacial score (nSPS) is 11.4. The molecule has 0 fully saturated rings. The molecule has 0 saturated carbocycles. The first kappa shape index (κ1) is 12.9. The van der Waals surface area contributed by atoms with Gasteiger partial charge < -0.3 is 4.74 Å². The Morgan fingerprint density at radius 3 is 2.76 bits per heavy atom. The molecule has 1 aromatic rings. The van der Waals surface area contributed by atoms with Gasteiger partial charge in [0.1, 0.15) is 17.4 Å². The summed E-state index contributed by atoms with van der Waals surface area (Å²) < 4.78 is 5.11. The van der Waals surface area contributed by atoms with E-state index < -0.39 is 16.3 Å². The first-order valence-corrected chi connectivity index (χ1v) is 4.88. The van der Waals surface area contributed by atoms with Crippen molar-refractivity contribution in [3.05, 3.63) is 33.9 Å². The highest BCUT2D eigenvalue weighted by Gasteiger charge is 2.16. The smallest absolute Gasteiger partial charge is 0.271 e. The van der Waals surface area contributed by atoms with Gasteiger partial charge in [-0.2, -0.15) is 5.26 Å². The number of hydrogen-bond acceptors (Lipinski definition) is 5. The van der Waals surface area contributed by atoms with E-state index >= 15 is 0 Å². The van der Waals surface area contributed by atoms with Gasteiger partial charge in [0.2, 0.25) is 0 Å². The molecule has 0 aliphatic carbocycles. The second kappa shape index (κ2) is 5.27. The molecule has 0 N–H and O–H groups in total. The highest BCUT2D eigenvalue weighted by Crippen LogP contribution is 2.24. The van der Waals surface area contributed by atoms with Crippen LogP contribution in [0, 0.1) is 21.4 Å². The Morgan fingerprint density at radius 1 is 1.65 bits per heavy atom. The Hall–Kier alpha value is -2.13. The number of ether oxygens (including phenoxy) is 1. The molecule has 0 bridgehead atoms. The molecule has 6 nitrogen and oxygen atoms in total. The summed E-state index contributed by atoms with van der Waals surface area (Å²) in [6.45, 7) is 1.41. The van der Waals surface area contributed by atoms with Crippen molar-refractivity contribution < 1.29 is 14.5 Å². The first-order chi connectivity index (χ1) is 7.95. The van der Waals surface area contributed by atoms with Crippen molar-refractivity contribution in [2.24, 2.45) is 0 Å². The standard InChI is InChI=1S/C10H7ClN2O4/c1-6(10(11)14)17-9-3-2-8(13(15)16)4-7(9)5-12/h2-4,6H,1H3. The van der Waals surface area contributed by atoms with Crippen LogP contribution < -0.4 is 4.74 Å². The summed E-state index contributed by atoms with van der Waals surface area (Å²) in [5.41, 5.74) is -0.247. The Kier molecular flexibility index (Phi) is 4.01. The molecule has 1 aromatic carbocycles. The van der Waals surface area contributed by atoms with Crippen molar-refractivity contribution in [3.8, 4) is 11.8 Å². The molecule has 1 atom stereocenters. The molecule has 1 unspecified atom stereocenters. The van der Waals surface area contributed by atoms with E-state index in [1.54, 1.807) is 6.07 Å². The predicted molar refractivity (Wildman–Crippen MR) is 58.8 cm³/mol. The summed E-state index contributed by atoms with van der Waals surface area (Å²) in [4.78, 5) is 20.6. The van der Waals surface area contributed by atoms with Crippen LogP contribution in [0.1, 0.15) is 12.5 Å². The molecule has 0 aliphatic rings. The minimum Gasteiger partial charge on any atom is -0.480 e. The number of nitro benzene ring substituents is 1. The number of carbonyl (C=O) groups is 1. The van der Waals surface area contributed by atoms with Gasteiger partial charge in [-0.15, -0.1) is 0 Å². The molecule has 7 heteroatoms. The maximum Gasteiger partial charge on any atom is 0.271 e. The lowest BCUT2D eigenvalue weighted by atomic mass is 10.2. The molecular weight excluding hydrogens is 248 g/mol. The lowest BCUT2D eigenvalue weighted by Crippen LogP contribution is -2.19. The molecule has 0 radical (unpaired) electrons. The summed E-state index contributed by atoms with van der Waals surface area (Å²) in [5.74, 6) is 0.0830. The van der Waals surface area contributed by atoms with Crippen molar-refractivity contribution >= 4 is 22.5 Å². The average Bonchev–Trinajstić information content (AvgIpc) is 2.28. The Bertz CT molecular complexity index is 510. The number of carbonyl (C=O) groups excluding carboxylic acids is 1. The van der Waals surface area contributed by atoms with E-state index in [0.29, 0.717) is 0 Å². The van der Waals surface area contributed by atoms with Crippen LogP contribution in [0.3, 0.4) is 0 Å². The minimum absolute atomic E-state index is 0.0241. The van der Waals surface area contributed by atoms with E-state index in [1.165, 1.54) is 19.1 Å². The fourth-order valence-corrected chi connectivity index (χ4v) is 1.10. The predicted octanol–water partition coefficient (Wildman–Crippen LogP) is 2.00. The van der Waals surface area contributed by atoms with Gasteiger partial charge >= 0.3 is 0 Å². The van der Waals surface area contributed by atoms with Crippen LogP contribution in [-0.2, 0) is 4.79 Å². The first-order valence-electron chi connectivity index (χ1n) is 4.50. The molecule has 0 saturated heterocycles. The zero-order valence-corrected chi connectivity index (χ0v) is 9.47. The summed E-state index contributed by atoms with van der Waals surface area (Å²) in [7, 11) is 0. The molecule has 0 aromatic heterocycles. The van der Waals surface area contributed by atoms with Gasteiger partial charge in [-0.3, -0.25) is 14.9 Å². The van der Waals surface area contributed by atoms with E-state index in [-0.39, 0.29) is 17.0 Å². The molecule has 0 amide bonds. The van der Waals surface area contributed by atoms with E-state index in [9.17, 15) is 14.9 Å². The van der Waals surface area contributed by atoms with Gasteiger partial charge in [-0.25, -0.2) is 0 Å². The van der Waals surface area contributed by atoms with Crippen LogP contribution in [0.2, 0.25) is 0 Å². The monoisotopic (exact) mass is 254 g/mol. The fourth-order valence-electron chi connectivity index (χ4n) is 1.06. The van der Waals surface area contributed by atoms with Crippen LogP contribution in [-0.4, -0.2) is 16.3 Å². The van der Waals surface area contributed by atoms with Crippen molar-refractivity contribution in [3.63, 3.8) is 0 Å². The van der Waals surface area contributed by atoms with Gasteiger partial charge in [-0.05, 0) is 24.6 Å². The van der Waals surface area contributed by atoms with Crippen molar-refractivity contribution in [1.29, 1.82) is 5.26 Å².